The Balaban J connectivity index is 1.87. The molecular formula is C16H20Cl2N2O5S. The van der Waals surface area contributed by atoms with Crippen LogP contribution in [0.3, 0.4) is 0 Å². The second kappa shape index (κ2) is 8.56. The van der Waals surface area contributed by atoms with Gasteiger partial charge in [0.05, 0.1) is 12.2 Å². The first-order valence-electron chi connectivity index (χ1n) is 7.99. The van der Waals surface area contributed by atoms with Crippen LogP contribution in [-0.4, -0.2) is 50.0 Å². The second-order valence-electron chi connectivity index (χ2n) is 6.16. The van der Waals surface area contributed by atoms with Gasteiger partial charge in [-0.05, 0) is 38.0 Å². The third-order valence-electron chi connectivity index (χ3n) is 4.05. The predicted octanol–water partition coefficient (Wildman–Crippen LogP) is 2.54. The Morgan fingerprint density at radius 2 is 1.73 bits per heavy atom. The molecule has 1 aliphatic heterocycles. The molecule has 1 atom stereocenters. The van der Waals surface area contributed by atoms with Crippen molar-refractivity contribution in [1.29, 1.82) is 0 Å². The van der Waals surface area contributed by atoms with Crippen LogP contribution in [0.25, 0.3) is 0 Å². The lowest BCUT2D eigenvalue weighted by molar-refractivity contribution is -0.158. The molecule has 0 aromatic heterocycles. The van der Waals surface area contributed by atoms with Crippen molar-refractivity contribution in [3.63, 3.8) is 0 Å². The van der Waals surface area contributed by atoms with Crippen molar-refractivity contribution in [2.24, 2.45) is 5.92 Å². The third-order valence-corrected chi connectivity index (χ3v) is 5.79. The van der Waals surface area contributed by atoms with Gasteiger partial charge in [0.15, 0.2) is 6.10 Å². The van der Waals surface area contributed by atoms with Crippen LogP contribution in [0.15, 0.2) is 18.2 Å². The Kier molecular flexibility index (Phi) is 6.90. The number of sulfonamides is 1. The van der Waals surface area contributed by atoms with Crippen molar-refractivity contribution in [2.45, 2.75) is 25.9 Å². The van der Waals surface area contributed by atoms with Crippen LogP contribution in [-0.2, 0) is 24.3 Å². The summed E-state index contributed by atoms with van der Waals surface area (Å²) in [5, 5.41) is 3.33. The van der Waals surface area contributed by atoms with E-state index < -0.39 is 33.9 Å². The summed E-state index contributed by atoms with van der Waals surface area (Å²) in [7, 11) is -3.26. The molecule has 1 saturated heterocycles. The molecule has 10 heteroatoms. The van der Waals surface area contributed by atoms with Gasteiger partial charge in [-0.15, -0.1) is 0 Å². The number of carbonyl (C=O) groups excluding carboxylic acids is 2. The minimum absolute atomic E-state index is 0.264. The number of halogens is 2. The first-order valence-corrected chi connectivity index (χ1v) is 10.6. The molecule has 2 rings (SSSR count). The van der Waals surface area contributed by atoms with Crippen LogP contribution in [0.2, 0.25) is 10.0 Å². The summed E-state index contributed by atoms with van der Waals surface area (Å²) in [6.07, 6.45) is 0.863. The fourth-order valence-corrected chi connectivity index (χ4v) is 4.02. The maximum atomic E-state index is 12.2. The fraction of sp³-hybridized carbons (Fsp3) is 0.500. The lowest BCUT2D eigenvalue weighted by Gasteiger charge is -2.29. The van der Waals surface area contributed by atoms with Crippen molar-refractivity contribution in [3.05, 3.63) is 28.2 Å². The van der Waals surface area contributed by atoms with Crippen LogP contribution in [0.1, 0.15) is 19.8 Å². The number of piperidine rings is 1. The highest BCUT2D eigenvalue weighted by Gasteiger charge is 2.31. The minimum atomic E-state index is -3.26. The van der Waals surface area contributed by atoms with Crippen molar-refractivity contribution >= 4 is 50.8 Å². The van der Waals surface area contributed by atoms with Crippen molar-refractivity contribution in [2.75, 3.05) is 24.7 Å². The largest absolute Gasteiger partial charge is 0.452 e. The Hall–Kier alpha value is -1.35. The number of carbonyl (C=O) groups is 2. The number of hydrogen-bond donors (Lipinski definition) is 1. The monoisotopic (exact) mass is 422 g/mol. The summed E-state index contributed by atoms with van der Waals surface area (Å²) in [5.74, 6) is -1.45. The van der Waals surface area contributed by atoms with E-state index in [1.165, 1.54) is 29.4 Å². The molecule has 1 heterocycles. The number of rotatable bonds is 5. The van der Waals surface area contributed by atoms with Crippen molar-refractivity contribution < 1.29 is 22.7 Å². The smallest absolute Gasteiger partial charge is 0.309 e. The first kappa shape index (κ1) is 21.0. The standard InChI is InChI=1S/C16H20Cl2N2O5S/c1-10(15(21)19-14-8-12(17)7-13(18)9-14)25-16(22)11-3-5-20(6-4-11)26(2,23)24/h7-11H,3-6H2,1-2H3,(H,19,21). The normalized spacial score (nSPS) is 17.5. The molecule has 1 aromatic rings. The number of nitrogens with zero attached hydrogens (tertiary/aromatic N) is 1. The Morgan fingerprint density at radius 1 is 1.19 bits per heavy atom. The van der Waals surface area contributed by atoms with Crippen molar-refractivity contribution in [1.82, 2.24) is 4.31 Å². The van der Waals surface area contributed by atoms with E-state index >= 15 is 0 Å². The van der Waals surface area contributed by atoms with Crippen LogP contribution in [0.4, 0.5) is 5.69 Å². The highest BCUT2D eigenvalue weighted by molar-refractivity contribution is 7.88. The Labute approximate surface area is 162 Å². The molecule has 1 aromatic carbocycles. The average Bonchev–Trinajstić information content (AvgIpc) is 2.53. The SMILES string of the molecule is CC(OC(=O)C1CCN(S(C)(=O)=O)CC1)C(=O)Nc1cc(Cl)cc(Cl)c1. The molecule has 1 unspecified atom stereocenters. The van der Waals surface area contributed by atoms with Gasteiger partial charge in [0.1, 0.15) is 0 Å². The molecule has 26 heavy (non-hydrogen) atoms. The molecule has 1 amide bonds. The molecule has 0 spiro atoms. The van der Waals surface area contributed by atoms with Crippen LogP contribution in [0.5, 0.6) is 0 Å². The van der Waals surface area contributed by atoms with E-state index in [1.54, 1.807) is 0 Å². The van der Waals surface area contributed by atoms with Gasteiger partial charge < -0.3 is 10.1 Å². The van der Waals surface area contributed by atoms with Crippen molar-refractivity contribution in [3.8, 4) is 0 Å². The lowest BCUT2D eigenvalue weighted by Crippen LogP contribution is -2.41. The van der Waals surface area contributed by atoms with E-state index in [2.05, 4.69) is 5.32 Å². The zero-order valence-electron chi connectivity index (χ0n) is 14.4. The van der Waals surface area contributed by atoms with E-state index in [0.717, 1.165) is 6.26 Å². The van der Waals surface area contributed by atoms with Crippen LogP contribution in [0, 0.1) is 5.92 Å². The van der Waals surface area contributed by atoms with E-state index in [-0.39, 0.29) is 13.1 Å². The molecule has 1 fully saturated rings. The zero-order chi connectivity index (χ0) is 19.5. The number of benzene rings is 1. The topological polar surface area (TPSA) is 92.8 Å². The molecule has 144 valence electrons. The summed E-state index contributed by atoms with van der Waals surface area (Å²) >= 11 is 11.7. The maximum absolute atomic E-state index is 12.2. The maximum Gasteiger partial charge on any atom is 0.309 e. The third kappa shape index (κ3) is 5.84. The van der Waals surface area contributed by atoms with E-state index in [4.69, 9.17) is 27.9 Å². The number of nitrogens with one attached hydrogen (secondary N) is 1. The van der Waals surface area contributed by atoms with Crippen LogP contribution < -0.4 is 5.32 Å². The van der Waals surface area contributed by atoms with Gasteiger partial charge in [-0.25, -0.2) is 12.7 Å². The Morgan fingerprint density at radius 3 is 2.23 bits per heavy atom. The number of amides is 1. The van der Waals surface area contributed by atoms with Crippen LogP contribution >= 0.6 is 23.2 Å². The van der Waals surface area contributed by atoms with Gasteiger partial charge in [-0.2, -0.15) is 0 Å². The van der Waals surface area contributed by atoms with Gasteiger partial charge >= 0.3 is 5.97 Å². The molecule has 1 N–H and O–H groups in total. The number of esters is 1. The molecular weight excluding hydrogens is 403 g/mol. The fourth-order valence-electron chi connectivity index (χ4n) is 2.62. The lowest BCUT2D eigenvalue weighted by atomic mass is 9.98. The summed E-state index contributed by atoms with van der Waals surface area (Å²) in [5.41, 5.74) is 0.400. The highest BCUT2D eigenvalue weighted by atomic mass is 35.5. The Bertz CT molecular complexity index is 772. The molecule has 0 aliphatic carbocycles. The minimum Gasteiger partial charge on any atom is -0.452 e. The van der Waals surface area contributed by atoms with Gasteiger partial charge in [-0.3, -0.25) is 9.59 Å². The van der Waals surface area contributed by atoms with Gasteiger partial charge in [0.25, 0.3) is 5.91 Å². The number of hydrogen-bond acceptors (Lipinski definition) is 5. The second-order valence-corrected chi connectivity index (χ2v) is 9.02. The molecule has 7 nitrogen and oxygen atoms in total. The summed E-state index contributed by atoms with van der Waals surface area (Å²) < 4.78 is 29.5. The zero-order valence-corrected chi connectivity index (χ0v) is 16.7. The quantitative estimate of drug-likeness (QED) is 0.735. The van der Waals surface area contributed by atoms with Gasteiger partial charge in [0.2, 0.25) is 10.0 Å². The number of anilines is 1. The average molecular weight is 423 g/mol. The van der Waals surface area contributed by atoms with E-state index in [1.807, 2.05) is 0 Å². The molecule has 1 aliphatic rings. The molecule has 0 saturated carbocycles. The highest BCUT2D eigenvalue weighted by Crippen LogP contribution is 2.23. The first-order chi connectivity index (χ1) is 12.1. The summed E-state index contributed by atoms with van der Waals surface area (Å²) in [6.45, 7) is 1.99. The van der Waals surface area contributed by atoms with E-state index in [9.17, 15) is 18.0 Å². The summed E-state index contributed by atoms with van der Waals surface area (Å²) in [6, 6.07) is 4.59. The molecule has 0 radical (unpaired) electrons. The van der Waals surface area contributed by atoms with E-state index in [0.29, 0.717) is 28.6 Å². The van der Waals surface area contributed by atoms with Gasteiger partial charge in [-0.1, -0.05) is 23.2 Å². The summed E-state index contributed by atoms with van der Waals surface area (Å²) in [4.78, 5) is 24.4. The van der Waals surface area contributed by atoms with Gasteiger partial charge in [0, 0.05) is 28.8 Å². The number of ether oxygens (including phenoxy) is 1. The predicted molar refractivity (Wildman–Crippen MR) is 99.8 cm³/mol. The molecule has 0 bridgehead atoms.